The number of carbonyl (C=O) groups excluding carboxylic acids is 2. The highest BCUT2D eigenvalue weighted by molar-refractivity contribution is 5.95. The molecule has 3 aromatic rings. The highest BCUT2D eigenvalue weighted by atomic mass is 16.5. The lowest BCUT2D eigenvalue weighted by Crippen LogP contribution is -2.20. The van der Waals surface area contributed by atoms with E-state index in [0.717, 1.165) is 16.7 Å². The molecule has 6 nitrogen and oxygen atoms in total. The van der Waals surface area contributed by atoms with E-state index in [2.05, 4.69) is 11.4 Å². The number of esters is 1. The molecule has 2 N–H and O–H groups in total. The van der Waals surface area contributed by atoms with Crippen LogP contribution in [0.25, 0.3) is 11.1 Å². The van der Waals surface area contributed by atoms with Crippen LogP contribution in [-0.4, -0.2) is 23.6 Å². The summed E-state index contributed by atoms with van der Waals surface area (Å²) in [5.41, 5.74) is 3.54. The number of ether oxygens (including phenoxy) is 1. The van der Waals surface area contributed by atoms with Crippen LogP contribution in [0, 0.1) is 11.3 Å². The SMILES string of the molecule is N#CCc1ccc(NC(=O)COC(=O)c2ccc(-c3ccc(O)cc3)cc2)cc1. The number of rotatable bonds is 6. The third kappa shape index (κ3) is 5.44. The normalized spacial score (nSPS) is 10.0. The minimum atomic E-state index is -0.596. The maximum Gasteiger partial charge on any atom is 0.338 e. The molecular formula is C23H18N2O4. The van der Waals surface area contributed by atoms with E-state index < -0.39 is 18.5 Å². The van der Waals surface area contributed by atoms with E-state index in [1.165, 1.54) is 0 Å². The zero-order valence-electron chi connectivity index (χ0n) is 15.5. The maximum absolute atomic E-state index is 12.1. The van der Waals surface area contributed by atoms with Gasteiger partial charge in [0, 0.05) is 5.69 Å². The lowest BCUT2D eigenvalue weighted by molar-refractivity contribution is -0.119. The second-order valence-corrected chi connectivity index (χ2v) is 6.28. The first-order valence-electron chi connectivity index (χ1n) is 8.87. The molecule has 144 valence electrons. The van der Waals surface area contributed by atoms with E-state index in [4.69, 9.17) is 10.00 Å². The first-order chi connectivity index (χ1) is 14.0. The van der Waals surface area contributed by atoms with Crippen LogP contribution < -0.4 is 5.32 Å². The van der Waals surface area contributed by atoms with Gasteiger partial charge in [0.25, 0.3) is 5.91 Å². The fourth-order valence-corrected chi connectivity index (χ4v) is 2.66. The van der Waals surface area contributed by atoms with Gasteiger partial charge in [0.2, 0.25) is 0 Å². The minimum absolute atomic E-state index is 0.185. The van der Waals surface area contributed by atoms with Gasteiger partial charge in [-0.3, -0.25) is 4.79 Å². The van der Waals surface area contributed by atoms with Gasteiger partial charge in [0.1, 0.15) is 5.75 Å². The molecule has 0 aliphatic carbocycles. The Labute approximate surface area is 168 Å². The van der Waals surface area contributed by atoms with Crippen LogP contribution in [0.2, 0.25) is 0 Å². The fourth-order valence-electron chi connectivity index (χ4n) is 2.66. The molecule has 3 rings (SSSR count). The van der Waals surface area contributed by atoms with Gasteiger partial charge in [-0.15, -0.1) is 0 Å². The van der Waals surface area contributed by atoms with Gasteiger partial charge in [0.15, 0.2) is 6.61 Å². The standard InChI is InChI=1S/C23H18N2O4/c24-14-13-16-1-9-20(10-2-16)25-22(27)15-29-23(28)19-5-3-17(4-6-19)18-7-11-21(26)12-8-18/h1-12,26H,13,15H2,(H,25,27). The van der Waals surface area contributed by atoms with Crippen molar-refractivity contribution in [3.05, 3.63) is 83.9 Å². The first kappa shape index (κ1) is 19.6. The summed E-state index contributed by atoms with van der Waals surface area (Å²) in [7, 11) is 0. The summed E-state index contributed by atoms with van der Waals surface area (Å²) >= 11 is 0. The predicted molar refractivity (Wildman–Crippen MR) is 108 cm³/mol. The van der Waals surface area contributed by atoms with Gasteiger partial charge < -0.3 is 15.2 Å². The molecule has 6 heteroatoms. The Kier molecular flexibility index (Phi) is 6.23. The zero-order chi connectivity index (χ0) is 20.6. The van der Waals surface area contributed by atoms with Crippen molar-refractivity contribution >= 4 is 17.6 Å². The van der Waals surface area contributed by atoms with E-state index in [0.29, 0.717) is 17.7 Å². The summed E-state index contributed by atoms with van der Waals surface area (Å²) in [5.74, 6) is -0.862. The smallest absolute Gasteiger partial charge is 0.338 e. The Morgan fingerprint density at radius 3 is 2.07 bits per heavy atom. The highest BCUT2D eigenvalue weighted by Crippen LogP contribution is 2.22. The van der Waals surface area contributed by atoms with E-state index in [-0.39, 0.29) is 5.75 Å². The number of carbonyl (C=O) groups is 2. The van der Waals surface area contributed by atoms with Crippen molar-refractivity contribution in [2.45, 2.75) is 6.42 Å². The van der Waals surface area contributed by atoms with Gasteiger partial charge in [-0.1, -0.05) is 36.4 Å². The molecule has 0 fully saturated rings. The minimum Gasteiger partial charge on any atom is -0.508 e. The Bertz CT molecular complexity index is 1030. The zero-order valence-corrected chi connectivity index (χ0v) is 15.5. The van der Waals surface area contributed by atoms with Gasteiger partial charge in [-0.25, -0.2) is 4.79 Å². The number of nitrogens with zero attached hydrogens (tertiary/aromatic N) is 1. The van der Waals surface area contributed by atoms with E-state index in [1.807, 2.05) is 0 Å². The number of anilines is 1. The van der Waals surface area contributed by atoms with Crippen LogP contribution in [-0.2, 0) is 16.0 Å². The molecule has 0 spiro atoms. The van der Waals surface area contributed by atoms with Gasteiger partial charge in [-0.05, 0) is 53.1 Å². The van der Waals surface area contributed by atoms with E-state index in [9.17, 15) is 14.7 Å². The summed E-state index contributed by atoms with van der Waals surface area (Å²) in [6.07, 6.45) is 0.303. The number of benzene rings is 3. The molecule has 0 aliphatic heterocycles. The van der Waals surface area contributed by atoms with Crippen LogP contribution in [0.1, 0.15) is 15.9 Å². The molecule has 0 saturated heterocycles. The number of hydrogen-bond acceptors (Lipinski definition) is 5. The second-order valence-electron chi connectivity index (χ2n) is 6.28. The van der Waals surface area contributed by atoms with Gasteiger partial charge in [0.05, 0.1) is 18.1 Å². The van der Waals surface area contributed by atoms with Crippen molar-refractivity contribution in [2.24, 2.45) is 0 Å². The number of amides is 1. The Hall–Kier alpha value is -4.11. The number of phenolic OH excluding ortho intramolecular Hbond substituents is 1. The summed E-state index contributed by atoms with van der Waals surface area (Å²) in [6.45, 7) is -0.404. The summed E-state index contributed by atoms with van der Waals surface area (Å²) < 4.78 is 5.06. The second kappa shape index (κ2) is 9.20. The summed E-state index contributed by atoms with van der Waals surface area (Å²) in [6, 6.07) is 22.4. The number of hydrogen-bond donors (Lipinski definition) is 2. The van der Waals surface area contributed by atoms with Crippen molar-refractivity contribution < 1.29 is 19.4 Å². The van der Waals surface area contributed by atoms with Gasteiger partial charge in [-0.2, -0.15) is 5.26 Å². The van der Waals surface area contributed by atoms with Crippen LogP contribution in [0.4, 0.5) is 5.69 Å². The Morgan fingerprint density at radius 2 is 1.48 bits per heavy atom. The molecule has 0 heterocycles. The maximum atomic E-state index is 12.1. The molecule has 3 aromatic carbocycles. The average Bonchev–Trinajstić information content (AvgIpc) is 2.74. The predicted octanol–water partition coefficient (Wildman–Crippen LogP) is 3.92. The van der Waals surface area contributed by atoms with Crippen molar-refractivity contribution in [3.63, 3.8) is 0 Å². The first-order valence-corrected chi connectivity index (χ1v) is 8.87. The molecule has 0 atom stereocenters. The topological polar surface area (TPSA) is 99.4 Å². The van der Waals surface area contributed by atoms with Gasteiger partial charge >= 0.3 is 5.97 Å². The molecule has 0 saturated carbocycles. The number of phenols is 1. The number of nitriles is 1. The van der Waals surface area contributed by atoms with Crippen LogP contribution in [0.5, 0.6) is 5.75 Å². The van der Waals surface area contributed by atoms with Crippen LogP contribution in [0.15, 0.2) is 72.8 Å². The quantitative estimate of drug-likeness (QED) is 0.626. The molecule has 0 bridgehead atoms. The lowest BCUT2D eigenvalue weighted by Gasteiger charge is -2.08. The Balaban J connectivity index is 1.52. The fraction of sp³-hybridized carbons (Fsp3) is 0.0870. The van der Waals surface area contributed by atoms with Crippen molar-refractivity contribution in [2.75, 3.05) is 11.9 Å². The molecule has 0 aromatic heterocycles. The summed E-state index contributed by atoms with van der Waals surface area (Å²) in [4.78, 5) is 24.1. The lowest BCUT2D eigenvalue weighted by atomic mass is 10.0. The number of nitrogens with one attached hydrogen (secondary N) is 1. The molecule has 0 aliphatic rings. The molecular weight excluding hydrogens is 368 g/mol. The average molecular weight is 386 g/mol. The highest BCUT2D eigenvalue weighted by Gasteiger charge is 2.11. The monoisotopic (exact) mass is 386 g/mol. The largest absolute Gasteiger partial charge is 0.508 e. The van der Waals surface area contributed by atoms with E-state index >= 15 is 0 Å². The van der Waals surface area contributed by atoms with Crippen molar-refractivity contribution in [1.29, 1.82) is 5.26 Å². The van der Waals surface area contributed by atoms with Crippen molar-refractivity contribution in [3.8, 4) is 22.9 Å². The Morgan fingerprint density at radius 1 is 0.897 bits per heavy atom. The van der Waals surface area contributed by atoms with Crippen LogP contribution >= 0.6 is 0 Å². The summed E-state index contributed by atoms with van der Waals surface area (Å²) in [5, 5.41) is 20.6. The molecule has 29 heavy (non-hydrogen) atoms. The van der Waals surface area contributed by atoms with Crippen molar-refractivity contribution in [1.82, 2.24) is 0 Å². The molecule has 1 amide bonds. The molecule has 0 radical (unpaired) electrons. The molecule has 0 unspecified atom stereocenters. The number of aromatic hydroxyl groups is 1. The van der Waals surface area contributed by atoms with Crippen LogP contribution in [0.3, 0.4) is 0 Å². The third-order valence-electron chi connectivity index (χ3n) is 4.18. The third-order valence-corrected chi connectivity index (χ3v) is 4.18. The van der Waals surface area contributed by atoms with E-state index in [1.54, 1.807) is 72.8 Å².